The lowest BCUT2D eigenvalue weighted by Gasteiger charge is -2.15. The number of likely N-dealkylation sites (N-methyl/N-ethyl adjacent to an activating group) is 1. The van der Waals surface area contributed by atoms with E-state index >= 15 is 0 Å². The third-order valence-corrected chi connectivity index (χ3v) is 3.10. The van der Waals surface area contributed by atoms with Gasteiger partial charge in [0, 0.05) is 24.8 Å². The van der Waals surface area contributed by atoms with E-state index in [1.165, 1.54) is 6.07 Å². The normalized spacial score (nSPS) is 12.7. The predicted molar refractivity (Wildman–Crippen MR) is 69.8 cm³/mol. The summed E-state index contributed by atoms with van der Waals surface area (Å²) in [6, 6.07) is 6.89. The first-order valence-electron chi connectivity index (χ1n) is 6.02. The maximum absolute atomic E-state index is 13.2. The zero-order valence-electron chi connectivity index (χ0n) is 10.9. The van der Waals surface area contributed by atoms with Gasteiger partial charge in [-0.05, 0) is 38.1 Å². The molecule has 0 saturated carbocycles. The number of nitrogens with one attached hydrogen (secondary N) is 1. The molecule has 0 radical (unpaired) electrons. The number of aryl methyl sites for hydroxylation is 2. The van der Waals surface area contributed by atoms with Crippen LogP contribution in [0.5, 0.6) is 0 Å². The van der Waals surface area contributed by atoms with Crippen molar-refractivity contribution < 1.29 is 4.39 Å². The average molecular weight is 247 g/mol. The lowest BCUT2D eigenvalue weighted by molar-refractivity contribution is 0.581. The van der Waals surface area contributed by atoms with Gasteiger partial charge in [0.25, 0.3) is 0 Å². The minimum Gasteiger partial charge on any atom is -0.313 e. The first-order chi connectivity index (χ1) is 8.60. The Labute approximate surface area is 107 Å². The van der Waals surface area contributed by atoms with Crippen molar-refractivity contribution in [2.45, 2.75) is 19.4 Å². The molecule has 1 unspecified atom stereocenters. The van der Waals surface area contributed by atoms with Crippen LogP contribution in [-0.2, 0) is 13.5 Å². The molecular formula is C14H18FN3. The van der Waals surface area contributed by atoms with Crippen molar-refractivity contribution in [1.29, 1.82) is 0 Å². The van der Waals surface area contributed by atoms with Crippen molar-refractivity contribution in [1.82, 2.24) is 15.1 Å². The molecule has 0 spiro atoms. The lowest BCUT2D eigenvalue weighted by Crippen LogP contribution is -2.19. The lowest BCUT2D eigenvalue weighted by atomic mass is 10.00. The Hall–Kier alpha value is -1.68. The topological polar surface area (TPSA) is 29.9 Å². The first-order valence-corrected chi connectivity index (χ1v) is 6.02. The molecule has 0 fully saturated rings. The third-order valence-electron chi connectivity index (χ3n) is 3.10. The smallest absolute Gasteiger partial charge is 0.123 e. The van der Waals surface area contributed by atoms with Crippen molar-refractivity contribution in [2.75, 3.05) is 7.05 Å². The molecule has 96 valence electrons. The van der Waals surface area contributed by atoms with Gasteiger partial charge >= 0.3 is 0 Å². The van der Waals surface area contributed by atoms with E-state index in [0.717, 1.165) is 23.2 Å². The van der Waals surface area contributed by atoms with Crippen molar-refractivity contribution in [3.05, 3.63) is 53.1 Å². The molecule has 2 rings (SSSR count). The summed E-state index contributed by atoms with van der Waals surface area (Å²) in [5.41, 5.74) is 3.15. The number of halogens is 1. The largest absolute Gasteiger partial charge is 0.313 e. The highest BCUT2D eigenvalue weighted by Gasteiger charge is 2.15. The predicted octanol–water partition coefficient (Wildman–Crippen LogP) is 2.37. The van der Waals surface area contributed by atoms with Crippen LogP contribution in [0.3, 0.4) is 0 Å². The van der Waals surface area contributed by atoms with Gasteiger partial charge in [-0.2, -0.15) is 5.10 Å². The molecule has 4 heteroatoms. The molecule has 0 aliphatic rings. The minimum absolute atomic E-state index is 0.153. The summed E-state index contributed by atoms with van der Waals surface area (Å²) in [5, 5.41) is 7.61. The van der Waals surface area contributed by atoms with Gasteiger partial charge in [-0.3, -0.25) is 4.68 Å². The van der Waals surface area contributed by atoms with Gasteiger partial charge in [-0.15, -0.1) is 0 Å². The molecule has 18 heavy (non-hydrogen) atoms. The zero-order valence-corrected chi connectivity index (χ0v) is 10.9. The van der Waals surface area contributed by atoms with Gasteiger partial charge in [0.05, 0.1) is 5.69 Å². The van der Waals surface area contributed by atoms with E-state index in [0.29, 0.717) is 0 Å². The van der Waals surface area contributed by atoms with Gasteiger partial charge in [-0.25, -0.2) is 4.39 Å². The second kappa shape index (κ2) is 5.31. The second-order valence-corrected chi connectivity index (χ2v) is 4.52. The fourth-order valence-electron chi connectivity index (χ4n) is 2.23. The Morgan fingerprint density at radius 3 is 2.78 bits per heavy atom. The van der Waals surface area contributed by atoms with Gasteiger partial charge in [0.2, 0.25) is 0 Å². The Kier molecular flexibility index (Phi) is 3.77. The number of nitrogens with zero attached hydrogens (tertiary/aromatic N) is 2. The summed E-state index contributed by atoms with van der Waals surface area (Å²) in [6.07, 6.45) is 2.76. The van der Waals surface area contributed by atoms with Crippen LogP contribution in [0.15, 0.2) is 30.5 Å². The summed E-state index contributed by atoms with van der Waals surface area (Å²) >= 11 is 0. The molecule has 1 aromatic carbocycles. The van der Waals surface area contributed by atoms with Crippen LogP contribution in [0.1, 0.15) is 22.9 Å². The van der Waals surface area contributed by atoms with Crippen LogP contribution in [0.2, 0.25) is 0 Å². The van der Waals surface area contributed by atoms with E-state index in [1.54, 1.807) is 16.8 Å². The van der Waals surface area contributed by atoms with E-state index in [9.17, 15) is 4.39 Å². The molecule has 0 aliphatic heterocycles. The maximum Gasteiger partial charge on any atom is 0.123 e. The summed E-state index contributed by atoms with van der Waals surface area (Å²) in [6.45, 7) is 1.99. The Morgan fingerprint density at radius 1 is 1.44 bits per heavy atom. The number of hydrogen-bond acceptors (Lipinski definition) is 2. The van der Waals surface area contributed by atoms with Crippen molar-refractivity contribution >= 4 is 0 Å². The monoisotopic (exact) mass is 247 g/mol. The Balaban J connectivity index is 2.22. The summed E-state index contributed by atoms with van der Waals surface area (Å²) in [4.78, 5) is 0. The molecule has 0 bridgehead atoms. The zero-order chi connectivity index (χ0) is 13.1. The highest BCUT2D eigenvalue weighted by molar-refractivity contribution is 5.25. The van der Waals surface area contributed by atoms with E-state index in [1.807, 2.05) is 33.3 Å². The van der Waals surface area contributed by atoms with Gasteiger partial charge in [-0.1, -0.05) is 12.1 Å². The first kappa shape index (κ1) is 12.8. The van der Waals surface area contributed by atoms with Crippen LogP contribution >= 0.6 is 0 Å². The molecule has 3 nitrogen and oxygen atoms in total. The van der Waals surface area contributed by atoms with E-state index in [2.05, 4.69) is 10.4 Å². The SMILES string of the molecule is CNC(Cc1cccc(F)c1)c1cn(C)nc1C. The summed E-state index contributed by atoms with van der Waals surface area (Å²) in [7, 11) is 3.82. The van der Waals surface area contributed by atoms with Crippen LogP contribution in [0.4, 0.5) is 4.39 Å². The molecule has 0 amide bonds. The number of hydrogen-bond donors (Lipinski definition) is 1. The highest BCUT2D eigenvalue weighted by Crippen LogP contribution is 2.20. The van der Waals surface area contributed by atoms with Crippen LogP contribution < -0.4 is 5.32 Å². The fraction of sp³-hybridized carbons (Fsp3) is 0.357. The van der Waals surface area contributed by atoms with Crippen molar-refractivity contribution in [3.63, 3.8) is 0 Å². The van der Waals surface area contributed by atoms with Gasteiger partial charge in [0.1, 0.15) is 5.82 Å². The summed E-state index contributed by atoms with van der Waals surface area (Å²) < 4.78 is 15.0. The van der Waals surface area contributed by atoms with E-state index in [-0.39, 0.29) is 11.9 Å². The molecular weight excluding hydrogens is 229 g/mol. The second-order valence-electron chi connectivity index (χ2n) is 4.52. The molecule has 0 aliphatic carbocycles. The number of aromatic nitrogens is 2. The molecule has 1 heterocycles. The molecule has 2 aromatic rings. The number of rotatable bonds is 4. The maximum atomic E-state index is 13.2. The van der Waals surface area contributed by atoms with E-state index < -0.39 is 0 Å². The molecule has 1 aromatic heterocycles. The van der Waals surface area contributed by atoms with Crippen LogP contribution in [0, 0.1) is 12.7 Å². The quantitative estimate of drug-likeness (QED) is 0.899. The van der Waals surface area contributed by atoms with Gasteiger partial charge in [0.15, 0.2) is 0 Å². The Morgan fingerprint density at radius 2 is 2.22 bits per heavy atom. The van der Waals surface area contributed by atoms with Crippen LogP contribution in [-0.4, -0.2) is 16.8 Å². The van der Waals surface area contributed by atoms with Crippen molar-refractivity contribution in [3.8, 4) is 0 Å². The standard InChI is InChI=1S/C14H18FN3/c1-10-13(9-18(3)17-10)14(16-2)8-11-5-4-6-12(15)7-11/h4-7,9,14,16H,8H2,1-3H3. The molecule has 1 N–H and O–H groups in total. The van der Waals surface area contributed by atoms with Gasteiger partial charge < -0.3 is 5.32 Å². The average Bonchev–Trinajstić information content (AvgIpc) is 2.65. The number of benzene rings is 1. The van der Waals surface area contributed by atoms with Crippen LogP contribution in [0.25, 0.3) is 0 Å². The van der Waals surface area contributed by atoms with Crippen molar-refractivity contribution in [2.24, 2.45) is 7.05 Å². The van der Waals surface area contributed by atoms with E-state index in [4.69, 9.17) is 0 Å². The molecule has 1 atom stereocenters. The Bertz CT molecular complexity index is 534. The highest BCUT2D eigenvalue weighted by atomic mass is 19.1. The summed E-state index contributed by atoms with van der Waals surface area (Å²) in [5.74, 6) is -0.190. The third kappa shape index (κ3) is 2.76. The fourth-order valence-corrected chi connectivity index (χ4v) is 2.23. The molecule has 0 saturated heterocycles. The minimum atomic E-state index is -0.190.